The number of carbonyl (C=O) groups excluding carboxylic acids is 3. The summed E-state index contributed by atoms with van der Waals surface area (Å²) in [5.41, 5.74) is 2.97. The molecule has 1 saturated heterocycles. The van der Waals surface area contributed by atoms with Crippen molar-refractivity contribution in [2.45, 2.75) is 18.9 Å². The quantitative estimate of drug-likeness (QED) is 0.313. The highest BCUT2D eigenvalue weighted by atomic mass is 16.5. The van der Waals surface area contributed by atoms with E-state index in [4.69, 9.17) is 4.74 Å². The first-order valence-electron chi connectivity index (χ1n) is 12.7. The molecule has 0 aliphatic carbocycles. The molecule has 0 spiro atoms. The number of rotatable bonds is 11. The zero-order valence-corrected chi connectivity index (χ0v) is 20.9. The zero-order valence-electron chi connectivity index (χ0n) is 20.9. The lowest BCUT2D eigenvalue weighted by Crippen LogP contribution is -2.49. The Balaban J connectivity index is 1.43. The molecule has 7 heteroatoms. The van der Waals surface area contributed by atoms with Gasteiger partial charge in [0.25, 0.3) is 11.8 Å². The highest BCUT2D eigenvalue weighted by molar-refractivity contribution is 6.38. The summed E-state index contributed by atoms with van der Waals surface area (Å²) < 4.78 is 5.36. The fourth-order valence-corrected chi connectivity index (χ4v) is 4.42. The van der Waals surface area contributed by atoms with Crippen molar-refractivity contribution in [3.63, 3.8) is 0 Å². The summed E-state index contributed by atoms with van der Waals surface area (Å²) in [5.74, 6) is -1.73. The Bertz CT molecular complexity index is 1180. The third-order valence-electron chi connectivity index (χ3n) is 6.43. The van der Waals surface area contributed by atoms with E-state index in [1.165, 1.54) is 0 Å². The van der Waals surface area contributed by atoms with Crippen LogP contribution in [0.3, 0.4) is 0 Å². The first-order valence-corrected chi connectivity index (χ1v) is 12.7. The number of Topliss-reactive ketones (excluding diaryl/α,β-unsaturated/α-hetero) is 1. The first kappa shape index (κ1) is 26.3. The molecule has 7 nitrogen and oxygen atoms in total. The normalized spacial score (nSPS) is 14.5. The molecular formula is C30H33N3O4. The van der Waals surface area contributed by atoms with E-state index in [-0.39, 0.29) is 6.42 Å². The van der Waals surface area contributed by atoms with Crippen LogP contribution in [0.1, 0.15) is 22.3 Å². The van der Waals surface area contributed by atoms with Crippen LogP contribution in [0.5, 0.6) is 0 Å². The Labute approximate surface area is 217 Å². The Hall–Kier alpha value is -3.81. The van der Waals surface area contributed by atoms with E-state index < -0.39 is 23.6 Å². The monoisotopic (exact) mass is 499 g/mol. The molecule has 1 fully saturated rings. The Morgan fingerprint density at radius 3 is 2.22 bits per heavy atom. The average Bonchev–Trinajstić information content (AvgIpc) is 2.96. The molecular weight excluding hydrogens is 466 g/mol. The van der Waals surface area contributed by atoms with Gasteiger partial charge in [-0.25, -0.2) is 0 Å². The molecule has 0 aromatic heterocycles. The number of carbonyl (C=O) groups is 3. The van der Waals surface area contributed by atoms with Gasteiger partial charge in [0.2, 0.25) is 5.78 Å². The van der Waals surface area contributed by atoms with Crippen LogP contribution in [0, 0.1) is 0 Å². The summed E-state index contributed by atoms with van der Waals surface area (Å²) in [5, 5.41) is 5.58. The Morgan fingerprint density at radius 1 is 0.838 bits per heavy atom. The van der Waals surface area contributed by atoms with Crippen molar-refractivity contribution in [1.29, 1.82) is 0 Å². The lowest BCUT2D eigenvalue weighted by atomic mass is 9.97. The third-order valence-corrected chi connectivity index (χ3v) is 6.43. The number of ketones is 1. The lowest BCUT2D eigenvalue weighted by Gasteiger charge is -2.26. The molecule has 0 bridgehead atoms. The van der Waals surface area contributed by atoms with Gasteiger partial charge in [-0.1, -0.05) is 78.9 Å². The molecule has 0 saturated carbocycles. The van der Waals surface area contributed by atoms with Crippen molar-refractivity contribution in [2.75, 3.05) is 39.4 Å². The van der Waals surface area contributed by atoms with Crippen LogP contribution in [0.4, 0.5) is 0 Å². The van der Waals surface area contributed by atoms with Gasteiger partial charge in [0, 0.05) is 31.6 Å². The minimum atomic E-state index is -0.988. The molecule has 1 aliphatic rings. The van der Waals surface area contributed by atoms with Gasteiger partial charge in [0.1, 0.15) is 6.04 Å². The Kier molecular flexibility index (Phi) is 9.57. The second-order valence-corrected chi connectivity index (χ2v) is 9.06. The van der Waals surface area contributed by atoms with Crippen molar-refractivity contribution < 1.29 is 19.1 Å². The minimum Gasteiger partial charge on any atom is -0.379 e. The molecule has 192 valence electrons. The van der Waals surface area contributed by atoms with Crippen LogP contribution in [0.25, 0.3) is 11.1 Å². The van der Waals surface area contributed by atoms with Crippen LogP contribution in [-0.4, -0.2) is 67.9 Å². The summed E-state index contributed by atoms with van der Waals surface area (Å²) in [6, 6.07) is 25.3. The maximum atomic E-state index is 13.4. The van der Waals surface area contributed by atoms with E-state index in [1.807, 2.05) is 72.8 Å². The van der Waals surface area contributed by atoms with Crippen molar-refractivity contribution in [1.82, 2.24) is 15.5 Å². The van der Waals surface area contributed by atoms with Gasteiger partial charge in [0.15, 0.2) is 0 Å². The average molecular weight is 500 g/mol. The molecule has 0 radical (unpaired) electrons. The fourth-order valence-electron chi connectivity index (χ4n) is 4.42. The van der Waals surface area contributed by atoms with Gasteiger partial charge in [-0.15, -0.1) is 0 Å². The molecule has 2 N–H and O–H groups in total. The summed E-state index contributed by atoms with van der Waals surface area (Å²) >= 11 is 0. The highest BCUT2D eigenvalue weighted by Crippen LogP contribution is 2.23. The van der Waals surface area contributed by atoms with E-state index in [1.54, 1.807) is 12.1 Å². The molecule has 3 aromatic carbocycles. The number of nitrogens with zero attached hydrogens (tertiary/aromatic N) is 1. The van der Waals surface area contributed by atoms with E-state index in [9.17, 15) is 14.4 Å². The fraction of sp³-hybridized carbons (Fsp3) is 0.300. The highest BCUT2D eigenvalue weighted by Gasteiger charge is 2.28. The standard InChI is InChI=1S/C30H33N3O4/c34-28(30(36)31-16-9-17-33-18-20-37-21-19-33)27(22-23-10-3-1-4-11-23)32-29(35)26-15-8-7-14-25(26)24-12-5-2-6-13-24/h1-8,10-15,27H,9,16-22H2,(H,31,36)(H,32,35)/t27-/m0/s1. The van der Waals surface area contributed by atoms with E-state index in [2.05, 4.69) is 15.5 Å². The van der Waals surface area contributed by atoms with Crippen LogP contribution in [-0.2, 0) is 20.7 Å². The topological polar surface area (TPSA) is 87.7 Å². The minimum absolute atomic E-state index is 0.222. The molecule has 3 aromatic rings. The van der Waals surface area contributed by atoms with Gasteiger partial charge in [0.05, 0.1) is 13.2 Å². The number of morpholine rings is 1. The smallest absolute Gasteiger partial charge is 0.289 e. The van der Waals surface area contributed by atoms with Gasteiger partial charge in [-0.3, -0.25) is 19.3 Å². The van der Waals surface area contributed by atoms with Gasteiger partial charge < -0.3 is 15.4 Å². The largest absolute Gasteiger partial charge is 0.379 e. The molecule has 0 unspecified atom stereocenters. The lowest BCUT2D eigenvalue weighted by molar-refractivity contribution is -0.139. The van der Waals surface area contributed by atoms with Crippen LogP contribution in [0.2, 0.25) is 0 Å². The van der Waals surface area contributed by atoms with Crippen molar-refractivity contribution in [2.24, 2.45) is 0 Å². The maximum Gasteiger partial charge on any atom is 0.289 e. The second-order valence-electron chi connectivity index (χ2n) is 9.06. The number of hydrogen-bond acceptors (Lipinski definition) is 5. The van der Waals surface area contributed by atoms with Crippen molar-refractivity contribution >= 4 is 17.6 Å². The maximum absolute atomic E-state index is 13.4. The molecule has 1 heterocycles. The third kappa shape index (κ3) is 7.59. The number of amides is 2. The van der Waals surface area contributed by atoms with Gasteiger partial charge in [-0.2, -0.15) is 0 Å². The van der Waals surface area contributed by atoms with Crippen LogP contribution >= 0.6 is 0 Å². The zero-order chi connectivity index (χ0) is 25.9. The number of hydrogen-bond donors (Lipinski definition) is 2. The molecule has 1 atom stereocenters. The molecule has 37 heavy (non-hydrogen) atoms. The first-order chi connectivity index (χ1) is 18.1. The second kappa shape index (κ2) is 13.5. The number of benzene rings is 3. The van der Waals surface area contributed by atoms with E-state index in [0.29, 0.717) is 12.1 Å². The summed E-state index contributed by atoms with van der Waals surface area (Å²) in [4.78, 5) is 41.7. The van der Waals surface area contributed by atoms with Crippen molar-refractivity contribution in [3.05, 3.63) is 96.1 Å². The SMILES string of the molecule is O=C(NCCCN1CCOCC1)C(=O)[C@H](Cc1ccccc1)NC(=O)c1ccccc1-c1ccccc1. The predicted molar refractivity (Wildman–Crippen MR) is 143 cm³/mol. The molecule has 4 rings (SSSR count). The summed E-state index contributed by atoms with van der Waals surface area (Å²) in [6.45, 7) is 4.42. The summed E-state index contributed by atoms with van der Waals surface area (Å²) in [7, 11) is 0. The summed E-state index contributed by atoms with van der Waals surface area (Å²) in [6.07, 6.45) is 0.958. The molecule has 1 aliphatic heterocycles. The Morgan fingerprint density at radius 2 is 1.49 bits per heavy atom. The number of ether oxygens (including phenoxy) is 1. The van der Waals surface area contributed by atoms with E-state index >= 15 is 0 Å². The number of nitrogens with one attached hydrogen (secondary N) is 2. The predicted octanol–water partition coefficient (Wildman–Crippen LogP) is 3.10. The van der Waals surface area contributed by atoms with Crippen molar-refractivity contribution in [3.8, 4) is 11.1 Å². The van der Waals surface area contributed by atoms with Crippen LogP contribution in [0.15, 0.2) is 84.9 Å². The van der Waals surface area contributed by atoms with Gasteiger partial charge in [-0.05, 0) is 35.7 Å². The van der Waals surface area contributed by atoms with E-state index in [0.717, 1.165) is 56.0 Å². The molecule has 2 amide bonds. The van der Waals surface area contributed by atoms with Crippen LogP contribution < -0.4 is 10.6 Å². The van der Waals surface area contributed by atoms with Gasteiger partial charge >= 0.3 is 0 Å².